The number of nitrogens with two attached hydrogens (primary N) is 1. The van der Waals surface area contributed by atoms with Gasteiger partial charge in [-0.3, -0.25) is 9.59 Å². The molecule has 7 atom stereocenters. The average Bonchev–Trinajstić information content (AvgIpc) is 3.33. The maximum atomic E-state index is 12.5. The Morgan fingerprint density at radius 3 is 2.68 bits per heavy atom. The topological polar surface area (TPSA) is 142 Å². The number of rotatable bonds is 9. The minimum Gasteiger partial charge on any atom is -0.477 e. The number of amides is 2. The molecule has 9 nitrogen and oxygen atoms in total. The summed E-state index contributed by atoms with van der Waals surface area (Å²) in [5.74, 6) is -2.56. The maximum absolute atomic E-state index is 12.5. The number of hydrogen-bond acceptors (Lipinski definition) is 7. The van der Waals surface area contributed by atoms with Crippen molar-refractivity contribution in [3.63, 3.8) is 0 Å². The van der Waals surface area contributed by atoms with Crippen LogP contribution in [0.15, 0.2) is 40.9 Å². The molecular weight excluding hydrogens is 458 g/mol. The van der Waals surface area contributed by atoms with E-state index in [4.69, 9.17) is 10.5 Å². The predicted octanol–water partition coefficient (Wildman–Crippen LogP) is 0.717. The summed E-state index contributed by atoms with van der Waals surface area (Å²) in [4.78, 5) is 39.0. The summed E-state index contributed by atoms with van der Waals surface area (Å²) in [5, 5.41) is 22.6. The van der Waals surface area contributed by atoms with E-state index in [1.165, 1.54) is 16.7 Å². The SMILES string of the molecule is C[C@H]1C(S[C@@H]2CCO[C@@H]2CNC(=O)[C@H](N)Cc2ccccc2)=C(C(=O)O)N2C(=O)[C@H]([C@@H](C)O)C12. The van der Waals surface area contributed by atoms with E-state index in [-0.39, 0.29) is 47.4 Å². The number of carbonyl (C=O) groups excluding carboxylic acids is 2. The number of hydrogen-bond donors (Lipinski definition) is 4. The number of aliphatic hydroxyl groups is 1. The first-order chi connectivity index (χ1) is 16.2. The van der Waals surface area contributed by atoms with Gasteiger partial charge in [0.2, 0.25) is 11.8 Å². The molecule has 1 unspecified atom stereocenters. The third kappa shape index (κ3) is 4.59. The van der Waals surface area contributed by atoms with Crippen molar-refractivity contribution < 1.29 is 29.3 Å². The lowest BCUT2D eigenvalue weighted by Crippen LogP contribution is -2.63. The third-order valence-electron chi connectivity index (χ3n) is 6.85. The minimum absolute atomic E-state index is 0.00367. The second-order valence-electron chi connectivity index (χ2n) is 9.17. The van der Waals surface area contributed by atoms with E-state index in [2.05, 4.69) is 5.32 Å². The highest BCUT2D eigenvalue weighted by molar-refractivity contribution is 8.03. The van der Waals surface area contributed by atoms with E-state index in [1.807, 2.05) is 37.3 Å². The number of benzene rings is 1. The van der Waals surface area contributed by atoms with Crippen molar-refractivity contribution in [2.75, 3.05) is 13.2 Å². The number of thioether (sulfide) groups is 1. The van der Waals surface area contributed by atoms with Gasteiger partial charge in [0.1, 0.15) is 5.70 Å². The van der Waals surface area contributed by atoms with Crippen LogP contribution in [-0.2, 0) is 25.5 Å². The number of nitrogens with zero attached hydrogens (tertiary/aromatic N) is 1. The van der Waals surface area contributed by atoms with Crippen LogP contribution in [0.25, 0.3) is 0 Å². The highest BCUT2D eigenvalue weighted by Gasteiger charge is 2.60. The van der Waals surface area contributed by atoms with Crippen LogP contribution in [0.1, 0.15) is 25.8 Å². The maximum Gasteiger partial charge on any atom is 0.353 e. The Bertz CT molecular complexity index is 984. The molecule has 2 fully saturated rings. The molecule has 1 aromatic carbocycles. The molecule has 2 saturated heterocycles. The van der Waals surface area contributed by atoms with E-state index in [1.54, 1.807) is 6.92 Å². The van der Waals surface area contributed by atoms with E-state index >= 15 is 0 Å². The van der Waals surface area contributed by atoms with Gasteiger partial charge in [0, 0.05) is 29.2 Å². The quantitative estimate of drug-likeness (QED) is 0.372. The first-order valence-corrected chi connectivity index (χ1v) is 12.4. The van der Waals surface area contributed by atoms with Crippen LogP contribution in [-0.4, -0.2) is 75.6 Å². The number of nitrogens with one attached hydrogen (secondary N) is 1. The molecule has 5 N–H and O–H groups in total. The number of aliphatic carboxylic acids is 1. The van der Waals surface area contributed by atoms with Gasteiger partial charge in [-0.2, -0.15) is 0 Å². The summed E-state index contributed by atoms with van der Waals surface area (Å²) in [7, 11) is 0. The Morgan fingerprint density at radius 1 is 1.32 bits per heavy atom. The van der Waals surface area contributed by atoms with Gasteiger partial charge >= 0.3 is 5.97 Å². The number of aliphatic hydroxyl groups excluding tert-OH is 1. The molecule has 1 aromatic rings. The fourth-order valence-corrected chi connectivity index (χ4v) is 6.61. The van der Waals surface area contributed by atoms with Crippen LogP contribution in [0, 0.1) is 11.8 Å². The third-order valence-corrected chi connectivity index (χ3v) is 8.51. The first-order valence-electron chi connectivity index (χ1n) is 11.5. The summed E-state index contributed by atoms with van der Waals surface area (Å²) in [6.07, 6.45) is -0.0148. The number of carboxylic acids is 1. The molecule has 0 aliphatic carbocycles. The molecule has 10 heteroatoms. The van der Waals surface area contributed by atoms with Gasteiger partial charge in [0.25, 0.3) is 0 Å². The van der Waals surface area contributed by atoms with Gasteiger partial charge < -0.3 is 30.9 Å². The van der Waals surface area contributed by atoms with Gasteiger partial charge in [-0.1, -0.05) is 37.3 Å². The Kier molecular flexibility index (Phi) is 7.32. The van der Waals surface area contributed by atoms with Crippen molar-refractivity contribution in [3.05, 3.63) is 46.5 Å². The fourth-order valence-electron chi connectivity index (χ4n) is 5.09. The molecule has 3 aliphatic rings. The van der Waals surface area contributed by atoms with Crippen molar-refractivity contribution in [1.82, 2.24) is 10.2 Å². The van der Waals surface area contributed by atoms with Gasteiger partial charge in [-0.15, -0.1) is 11.8 Å². The molecule has 34 heavy (non-hydrogen) atoms. The highest BCUT2D eigenvalue weighted by atomic mass is 32.2. The number of carboxylic acid groups (broad SMARTS) is 1. The smallest absolute Gasteiger partial charge is 0.353 e. The molecule has 0 spiro atoms. The van der Waals surface area contributed by atoms with Crippen LogP contribution in [0.3, 0.4) is 0 Å². The normalized spacial score (nSPS) is 30.1. The molecule has 0 bridgehead atoms. The Balaban J connectivity index is 1.39. The molecule has 0 radical (unpaired) electrons. The van der Waals surface area contributed by atoms with Crippen LogP contribution in [0.2, 0.25) is 0 Å². The van der Waals surface area contributed by atoms with Gasteiger partial charge in [-0.25, -0.2) is 4.79 Å². The molecule has 2 amide bonds. The number of carbonyl (C=O) groups is 3. The zero-order chi connectivity index (χ0) is 24.6. The van der Waals surface area contributed by atoms with Crippen LogP contribution in [0.5, 0.6) is 0 Å². The molecular formula is C24H31N3O6S. The lowest BCUT2D eigenvalue weighted by molar-refractivity contribution is -0.163. The van der Waals surface area contributed by atoms with Crippen molar-refractivity contribution in [1.29, 1.82) is 0 Å². The Hall–Kier alpha value is -2.40. The minimum atomic E-state index is -1.15. The number of ether oxygens (including phenoxy) is 1. The molecule has 3 heterocycles. The van der Waals surface area contributed by atoms with Crippen LogP contribution < -0.4 is 11.1 Å². The Morgan fingerprint density at radius 2 is 2.03 bits per heavy atom. The number of fused-ring (bicyclic) bond motifs is 1. The van der Waals surface area contributed by atoms with E-state index in [0.29, 0.717) is 24.4 Å². The lowest BCUT2D eigenvalue weighted by atomic mass is 9.79. The zero-order valence-electron chi connectivity index (χ0n) is 19.2. The van der Waals surface area contributed by atoms with Crippen molar-refractivity contribution in [3.8, 4) is 0 Å². The largest absolute Gasteiger partial charge is 0.477 e. The molecule has 3 aliphatic heterocycles. The fraction of sp³-hybridized carbons (Fsp3) is 0.542. The highest BCUT2D eigenvalue weighted by Crippen LogP contribution is 2.52. The second-order valence-corrected chi connectivity index (χ2v) is 10.4. The van der Waals surface area contributed by atoms with Gasteiger partial charge in [-0.05, 0) is 25.3 Å². The average molecular weight is 490 g/mol. The summed E-state index contributed by atoms with van der Waals surface area (Å²) >= 11 is 1.41. The lowest BCUT2D eigenvalue weighted by Gasteiger charge is -2.46. The summed E-state index contributed by atoms with van der Waals surface area (Å²) in [6.45, 7) is 4.23. The zero-order valence-corrected chi connectivity index (χ0v) is 20.0. The number of β-lactam (4-membered cyclic amide) rings is 1. The van der Waals surface area contributed by atoms with Crippen molar-refractivity contribution >= 4 is 29.5 Å². The van der Waals surface area contributed by atoms with E-state index < -0.39 is 24.0 Å². The summed E-state index contributed by atoms with van der Waals surface area (Å²) in [6, 6.07) is 8.52. The van der Waals surface area contributed by atoms with Crippen molar-refractivity contribution in [2.45, 2.75) is 56.2 Å². The monoisotopic (exact) mass is 489 g/mol. The second kappa shape index (κ2) is 10.1. The summed E-state index contributed by atoms with van der Waals surface area (Å²) < 4.78 is 5.84. The first kappa shape index (κ1) is 24.7. The van der Waals surface area contributed by atoms with Gasteiger partial charge in [0.15, 0.2) is 0 Å². The standard InChI is InChI=1S/C24H31N3O6S/c1-12-19-18(13(2)28)23(30)27(19)20(24(31)32)21(12)34-17-8-9-33-16(17)11-26-22(29)15(25)10-14-6-4-3-5-7-14/h3-7,12-13,15-19,28H,8-11,25H2,1-2H3,(H,26,29)(H,31,32)/t12-,13-,15-,16-,17-,18-,19?/m1/s1. The molecule has 4 rings (SSSR count). The molecule has 0 aromatic heterocycles. The van der Waals surface area contributed by atoms with Crippen LogP contribution >= 0.6 is 11.8 Å². The molecule has 0 saturated carbocycles. The van der Waals surface area contributed by atoms with Crippen LogP contribution in [0.4, 0.5) is 0 Å². The Labute approximate surface area is 202 Å². The molecule has 184 valence electrons. The van der Waals surface area contributed by atoms with Gasteiger partial charge in [0.05, 0.1) is 30.2 Å². The van der Waals surface area contributed by atoms with Crippen molar-refractivity contribution in [2.24, 2.45) is 17.6 Å². The predicted molar refractivity (Wildman–Crippen MR) is 126 cm³/mol. The van der Waals surface area contributed by atoms with E-state index in [0.717, 1.165) is 5.56 Å². The van der Waals surface area contributed by atoms with E-state index in [9.17, 15) is 24.6 Å². The summed E-state index contributed by atoms with van der Waals surface area (Å²) in [5.41, 5.74) is 7.05.